The predicted molar refractivity (Wildman–Crippen MR) is 73.8 cm³/mol. The number of nitrogens with zero attached hydrogens (tertiary/aromatic N) is 1. The summed E-state index contributed by atoms with van der Waals surface area (Å²) in [7, 11) is 1.48. The Labute approximate surface area is 116 Å². The number of phenolic OH excluding ortho intramolecular Hbond substituents is 1. The van der Waals surface area contributed by atoms with Gasteiger partial charge in [0.2, 0.25) is 0 Å². The van der Waals surface area contributed by atoms with Gasteiger partial charge in [-0.1, -0.05) is 0 Å². The fourth-order valence-corrected chi connectivity index (χ4v) is 1.65. The van der Waals surface area contributed by atoms with Gasteiger partial charge in [0.1, 0.15) is 11.5 Å². The molecule has 0 atom stereocenters. The lowest BCUT2D eigenvalue weighted by atomic mass is 10.1. The van der Waals surface area contributed by atoms with E-state index in [1.54, 1.807) is 30.3 Å². The number of hydrogen-bond donors (Lipinski definition) is 2. The van der Waals surface area contributed by atoms with Crippen molar-refractivity contribution in [3.05, 3.63) is 53.6 Å². The maximum atomic E-state index is 12.1. The van der Waals surface area contributed by atoms with Crippen molar-refractivity contribution in [1.82, 2.24) is 0 Å². The Hall–Kier alpha value is -3.00. The second kappa shape index (κ2) is 5.76. The van der Waals surface area contributed by atoms with Gasteiger partial charge in [-0.25, -0.2) is 0 Å². The smallest absolute Gasteiger partial charge is 0.259 e. The first-order valence-electron chi connectivity index (χ1n) is 5.82. The lowest BCUT2D eigenvalue weighted by Crippen LogP contribution is -2.12. The summed E-state index contributed by atoms with van der Waals surface area (Å²) in [5.41, 5.74) is 1.16. The minimum atomic E-state index is -0.453. The van der Waals surface area contributed by atoms with E-state index >= 15 is 0 Å². The first-order chi connectivity index (χ1) is 9.63. The number of nitrogens with one attached hydrogen (secondary N) is 1. The third kappa shape index (κ3) is 2.87. The molecule has 2 aromatic carbocycles. The van der Waals surface area contributed by atoms with E-state index < -0.39 is 5.91 Å². The molecule has 0 bridgehead atoms. The summed E-state index contributed by atoms with van der Waals surface area (Å²) < 4.78 is 5.01. The Kier molecular flexibility index (Phi) is 3.87. The maximum Gasteiger partial charge on any atom is 0.259 e. The molecule has 2 rings (SSSR count). The average Bonchev–Trinajstić information content (AvgIpc) is 2.48. The molecule has 0 spiro atoms. The van der Waals surface area contributed by atoms with Crippen molar-refractivity contribution in [3.8, 4) is 17.6 Å². The average molecular weight is 268 g/mol. The number of phenols is 1. The van der Waals surface area contributed by atoms with E-state index in [0.717, 1.165) is 0 Å². The molecule has 0 aliphatic carbocycles. The van der Waals surface area contributed by atoms with Gasteiger partial charge in [-0.2, -0.15) is 5.26 Å². The van der Waals surface area contributed by atoms with Crippen LogP contribution in [-0.4, -0.2) is 18.1 Å². The van der Waals surface area contributed by atoms with Crippen molar-refractivity contribution in [2.24, 2.45) is 0 Å². The number of carbonyl (C=O) groups is 1. The van der Waals surface area contributed by atoms with Gasteiger partial charge in [-0.15, -0.1) is 0 Å². The van der Waals surface area contributed by atoms with Gasteiger partial charge in [-0.3, -0.25) is 4.79 Å². The third-order valence-electron chi connectivity index (χ3n) is 2.72. The van der Waals surface area contributed by atoms with Crippen LogP contribution in [0, 0.1) is 11.3 Å². The Morgan fingerprint density at radius 1 is 1.25 bits per heavy atom. The van der Waals surface area contributed by atoms with Crippen molar-refractivity contribution in [2.75, 3.05) is 12.4 Å². The molecule has 0 aromatic heterocycles. The van der Waals surface area contributed by atoms with Gasteiger partial charge >= 0.3 is 0 Å². The highest BCUT2D eigenvalue weighted by Gasteiger charge is 2.12. The molecular formula is C15H12N2O3. The van der Waals surface area contributed by atoms with E-state index in [4.69, 9.17) is 10.00 Å². The largest absolute Gasteiger partial charge is 0.507 e. The number of rotatable bonds is 3. The first kappa shape index (κ1) is 13.4. The molecule has 20 heavy (non-hydrogen) atoms. The molecule has 0 fully saturated rings. The van der Waals surface area contributed by atoms with Crippen LogP contribution in [0.3, 0.4) is 0 Å². The van der Waals surface area contributed by atoms with Crippen molar-refractivity contribution >= 4 is 11.6 Å². The molecule has 5 nitrogen and oxygen atoms in total. The van der Waals surface area contributed by atoms with Crippen LogP contribution >= 0.6 is 0 Å². The van der Waals surface area contributed by atoms with Gasteiger partial charge in [-0.05, 0) is 42.5 Å². The summed E-state index contributed by atoms with van der Waals surface area (Å²) in [6.45, 7) is 0. The summed E-state index contributed by atoms with van der Waals surface area (Å²) in [5, 5.41) is 21.0. The quantitative estimate of drug-likeness (QED) is 0.896. The Morgan fingerprint density at radius 3 is 2.55 bits per heavy atom. The maximum absolute atomic E-state index is 12.1. The number of aromatic hydroxyl groups is 1. The van der Waals surface area contributed by atoms with Gasteiger partial charge < -0.3 is 15.2 Å². The lowest BCUT2D eigenvalue weighted by Gasteiger charge is -2.08. The van der Waals surface area contributed by atoms with Crippen molar-refractivity contribution in [2.45, 2.75) is 0 Å². The van der Waals surface area contributed by atoms with E-state index in [2.05, 4.69) is 5.32 Å². The molecule has 0 radical (unpaired) electrons. The summed E-state index contributed by atoms with van der Waals surface area (Å²) >= 11 is 0. The molecule has 0 aliphatic heterocycles. The minimum absolute atomic E-state index is 0.119. The zero-order chi connectivity index (χ0) is 14.5. The minimum Gasteiger partial charge on any atom is -0.507 e. The Balaban J connectivity index is 2.21. The van der Waals surface area contributed by atoms with E-state index in [1.807, 2.05) is 6.07 Å². The first-order valence-corrected chi connectivity index (χ1v) is 5.82. The second-order valence-corrected chi connectivity index (χ2v) is 4.03. The molecule has 0 heterocycles. The van der Waals surface area contributed by atoms with Crippen LogP contribution in [0.5, 0.6) is 11.5 Å². The second-order valence-electron chi connectivity index (χ2n) is 4.03. The molecule has 0 saturated carbocycles. The number of methoxy groups -OCH3 is 1. The van der Waals surface area contributed by atoms with Crippen LogP contribution in [0.1, 0.15) is 15.9 Å². The highest BCUT2D eigenvalue weighted by atomic mass is 16.5. The number of carbonyl (C=O) groups excluding carboxylic acids is 1. The SMILES string of the molecule is COc1ccc(O)c(C(=O)Nc2ccc(C#N)cc2)c1. The topological polar surface area (TPSA) is 82.3 Å². The third-order valence-corrected chi connectivity index (χ3v) is 2.72. The summed E-state index contributed by atoms with van der Waals surface area (Å²) in [6.07, 6.45) is 0. The van der Waals surface area contributed by atoms with Crippen molar-refractivity contribution in [3.63, 3.8) is 0 Å². The standard InChI is InChI=1S/C15H12N2O3/c1-20-12-6-7-14(18)13(8-12)15(19)17-11-4-2-10(9-16)3-5-11/h2-8,18H,1H3,(H,17,19). The van der Waals surface area contributed by atoms with Crippen molar-refractivity contribution < 1.29 is 14.6 Å². The van der Waals surface area contributed by atoms with Gasteiger partial charge in [0.05, 0.1) is 24.3 Å². The number of ether oxygens (including phenoxy) is 1. The lowest BCUT2D eigenvalue weighted by molar-refractivity contribution is 0.102. The summed E-state index contributed by atoms with van der Waals surface area (Å²) in [6, 6.07) is 12.8. The summed E-state index contributed by atoms with van der Waals surface area (Å²) in [5.74, 6) is -0.101. The molecular weight excluding hydrogens is 256 g/mol. The molecule has 0 unspecified atom stereocenters. The van der Waals surface area contributed by atoms with E-state index in [9.17, 15) is 9.90 Å². The fraction of sp³-hybridized carbons (Fsp3) is 0.0667. The van der Waals surface area contributed by atoms with Crippen LogP contribution < -0.4 is 10.1 Å². The van der Waals surface area contributed by atoms with E-state index in [1.165, 1.54) is 19.2 Å². The number of amides is 1. The predicted octanol–water partition coefficient (Wildman–Crippen LogP) is 2.52. The highest BCUT2D eigenvalue weighted by Crippen LogP contribution is 2.23. The number of benzene rings is 2. The highest BCUT2D eigenvalue weighted by molar-refractivity contribution is 6.06. The van der Waals surface area contributed by atoms with Gasteiger partial charge in [0, 0.05) is 5.69 Å². The van der Waals surface area contributed by atoms with E-state index in [-0.39, 0.29) is 11.3 Å². The monoisotopic (exact) mass is 268 g/mol. The molecule has 5 heteroatoms. The van der Waals surface area contributed by atoms with Crippen LogP contribution in [-0.2, 0) is 0 Å². The fourth-order valence-electron chi connectivity index (χ4n) is 1.65. The number of anilines is 1. The Morgan fingerprint density at radius 2 is 1.95 bits per heavy atom. The molecule has 100 valence electrons. The normalized spacial score (nSPS) is 9.60. The van der Waals surface area contributed by atoms with Crippen LogP contribution in [0.2, 0.25) is 0 Å². The van der Waals surface area contributed by atoms with E-state index in [0.29, 0.717) is 17.0 Å². The number of hydrogen-bond acceptors (Lipinski definition) is 4. The zero-order valence-corrected chi connectivity index (χ0v) is 10.8. The molecule has 0 aliphatic rings. The van der Waals surface area contributed by atoms with Gasteiger partial charge in [0.15, 0.2) is 0 Å². The van der Waals surface area contributed by atoms with Gasteiger partial charge in [0.25, 0.3) is 5.91 Å². The zero-order valence-electron chi connectivity index (χ0n) is 10.8. The van der Waals surface area contributed by atoms with Crippen LogP contribution in [0.4, 0.5) is 5.69 Å². The molecule has 2 N–H and O–H groups in total. The molecule has 1 amide bonds. The van der Waals surface area contributed by atoms with Crippen LogP contribution in [0.15, 0.2) is 42.5 Å². The molecule has 0 saturated heterocycles. The summed E-state index contributed by atoms with van der Waals surface area (Å²) in [4.78, 5) is 12.1. The number of nitriles is 1. The Bertz CT molecular complexity index is 673. The van der Waals surface area contributed by atoms with Crippen LogP contribution in [0.25, 0.3) is 0 Å². The van der Waals surface area contributed by atoms with Crippen molar-refractivity contribution in [1.29, 1.82) is 5.26 Å². The molecule has 2 aromatic rings.